The molecule has 130 valence electrons. The molecule has 0 bridgehead atoms. The molecule has 0 spiro atoms. The number of halogens is 6. The Labute approximate surface area is 126 Å². The third-order valence-electron chi connectivity index (χ3n) is 3.11. The van der Waals surface area contributed by atoms with E-state index in [0.717, 1.165) is 12.1 Å². The van der Waals surface area contributed by atoms with E-state index in [0.29, 0.717) is 12.1 Å². The maximum atomic E-state index is 12.7. The zero-order valence-corrected chi connectivity index (χ0v) is 11.7. The summed E-state index contributed by atoms with van der Waals surface area (Å²) < 4.78 is 76.1. The molecule has 0 radical (unpaired) electrons. The van der Waals surface area contributed by atoms with Gasteiger partial charge in [-0.15, -0.1) is 0 Å². The van der Waals surface area contributed by atoms with Crippen LogP contribution in [-0.2, 0) is 10.4 Å². The highest BCUT2D eigenvalue weighted by Crippen LogP contribution is 2.50. The van der Waals surface area contributed by atoms with Crippen LogP contribution >= 0.6 is 0 Å². The molecule has 0 aliphatic carbocycles. The number of rotatable bonds is 4. The molecule has 1 amide bonds. The van der Waals surface area contributed by atoms with Gasteiger partial charge in [0.15, 0.2) is 0 Å². The molecule has 1 aromatic carbocycles. The van der Waals surface area contributed by atoms with Crippen LogP contribution in [0.5, 0.6) is 0 Å². The van der Waals surface area contributed by atoms with Crippen LogP contribution in [0.25, 0.3) is 0 Å². The van der Waals surface area contributed by atoms with Gasteiger partial charge in [-0.25, -0.2) is 0 Å². The summed E-state index contributed by atoms with van der Waals surface area (Å²) in [6, 6.07) is 2.42. The summed E-state index contributed by atoms with van der Waals surface area (Å²) in [6.45, 7) is 0.890. The lowest BCUT2D eigenvalue weighted by Crippen LogP contribution is -2.53. The molecular weight excluding hydrogens is 332 g/mol. The van der Waals surface area contributed by atoms with Gasteiger partial charge >= 0.3 is 12.4 Å². The summed E-state index contributed by atoms with van der Waals surface area (Å²) in [6.07, 6.45) is -11.9. The lowest BCUT2D eigenvalue weighted by Gasteiger charge is -2.32. The second-order valence-corrected chi connectivity index (χ2v) is 4.86. The maximum absolute atomic E-state index is 12.7. The fourth-order valence-corrected chi connectivity index (χ4v) is 1.63. The highest BCUT2D eigenvalue weighted by atomic mass is 19.4. The van der Waals surface area contributed by atoms with Gasteiger partial charge in [-0.3, -0.25) is 4.79 Å². The highest BCUT2D eigenvalue weighted by molar-refractivity contribution is 5.92. The van der Waals surface area contributed by atoms with Crippen molar-refractivity contribution in [3.8, 4) is 0 Å². The van der Waals surface area contributed by atoms with E-state index in [9.17, 15) is 36.2 Å². The number of nitrogens with one attached hydrogen (secondary N) is 1. The minimum absolute atomic E-state index is 0.0780. The SMILES string of the molecule is CC(CO)C(=O)Nc1ccc(C(O)(C(F)(F)F)C(F)(F)F)cc1. The average molecular weight is 345 g/mol. The standard InChI is InChI=1S/C13H13F6NO3/c1-7(6-21)10(22)20-9-4-2-8(3-5-9)11(23,12(14,15)16)13(17,18)19/h2-5,7,21,23H,6H2,1H3,(H,20,22). The van der Waals surface area contributed by atoms with Gasteiger partial charge in [0.05, 0.1) is 12.5 Å². The van der Waals surface area contributed by atoms with Crippen LogP contribution in [0, 0.1) is 5.92 Å². The van der Waals surface area contributed by atoms with E-state index < -0.39 is 41.9 Å². The molecule has 1 atom stereocenters. The van der Waals surface area contributed by atoms with Crippen molar-refractivity contribution in [3.63, 3.8) is 0 Å². The Balaban J connectivity index is 3.13. The van der Waals surface area contributed by atoms with Crippen molar-refractivity contribution in [2.45, 2.75) is 24.9 Å². The molecule has 1 rings (SSSR count). The normalized spacial score (nSPS) is 14.5. The van der Waals surface area contributed by atoms with E-state index >= 15 is 0 Å². The molecule has 0 fully saturated rings. The van der Waals surface area contributed by atoms with Crippen molar-refractivity contribution in [1.82, 2.24) is 0 Å². The molecule has 0 heterocycles. The number of aliphatic hydroxyl groups excluding tert-OH is 1. The summed E-state index contributed by atoms with van der Waals surface area (Å²) >= 11 is 0. The Kier molecular flexibility index (Phi) is 5.32. The Morgan fingerprint density at radius 2 is 1.52 bits per heavy atom. The number of anilines is 1. The number of amides is 1. The van der Waals surface area contributed by atoms with Crippen LogP contribution in [0.2, 0.25) is 0 Å². The summed E-state index contributed by atoms with van der Waals surface area (Å²) in [4.78, 5) is 11.5. The largest absolute Gasteiger partial charge is 0.430 e. The Morgan fingerprint density at radius 3 is 1.87 bits per heavy atom. The number of carbonyl (C=O) groups is 1. The summed E-state index contributed by atoms with van der Waals surface area (Å²) in [5, 5.41) is 20.2. The molecule has 0 saturated carbocycles. The van der Waals surface area contributed by atoms with Crippen molar-refractivity contribution in [1.29, 1.82) is 0 Å². The first kappa shape index (κ1) is 19.2. The minimum Gasteiger partial charge on any atom is -0.396 e. The Hall–Kier alpha value is -1.81. The van der Waals surface area contributed by atoms with Crippen molar-refractivity contribution in [3.05, 3.63) is 29.8 Å². The number of alkyl halides is 6. The van der Waals surface area contributed by atoms with Gasteiger partial charge in [-0.05, 0) is 12.1 Å². The number of aliphatic hydroxyl groups is 2. The van der Waals surface area contributed by atoms with E-state index in [1.165, 1.54) is 6.92 Å². The summed E-state index contributed by atoms with van der Waals surface area (Å²) in [7, 11) is 0. The maximum Gasteiger partial charge on any atom is 0.430 e. The Morgan fingerprint density at radius 1 is 1.09 bits per heavy atom. The van der Waals surface area contributed by atoms with Crippen molar-refractivity contribution in [2.24, 2.45) is 5.92 Å². The van der Waals surface area contributed by atoms with Crippen LogP contribution in [0.15, 0.2) is 24.3 Å². The van der Waals surface area contributed by atoms with Gasteiger partial charge in [0, 0.05) is 11.3 Å². The molecule has 0 aliphatic heterocycles. The smallest absolute Gasteiger partial charge is 0.396 e. The van der Waals surface area contributed by atoms with Crippen LogP contribution < -0.4 is 5.32 Å². The minimum atomic E-state index is -5.97. The van der Waals surface area contributed by atoms with Crippen LogP contribution in [0.3, 0.4) is 0 Å². The van der Waals surface area contributed by atoms with Crippen molar-refractivity contribution < 1.29 is 41.4 Å². The first-order valence-electron chi connectivity index (χ1n) is 6.22. The predicted molar refractivity (Wildman–Crippen MR) is 67.3 cm³/mol. The molecule has 0 aliphatic rings. The first-order valence-corrected chi connectivity index (χ1v) is 6.22. The number of hydrogen-bond donors (Lipinski definition) is 3. The van der Waals surface area contributed by atoms with E-state index in [4.69, 9.17) is 5.11 Å². The predicted octanol–water partition coefficient (Wildman–Crippen LogP) is 2.57. The van der Waals surface area contributed by atoms with Gasteiger partial charge in [0.2, 0.25) is 5.91 Å². The number of hydrogen-bond acceptors (Lipinski definition) is 3. The van der Waals surface area contributed by atoms with E-state index in [2.05, 4.69) is 5.32 Å². The highest BCUT2D eigenvalue weighted by Gasteiger charge is 2.71. The van der Waals surface area contributed by atoms with E-state index in [-0.39, 0.29) is 5.69 Å². The molecule has 0 aromatic heterocycles. The van der Waals surface area contributed by atoms with E-state index in [1.54, 1.807) is 0 Å². The lowest BCUT2D eigenvalue weighted by atomic mass is 9.92. The number of benzene rings is 1. The molecule has 3 N–H and O–H groups in total. The first-order chi connectivity index (χ1) is 10.3. The molecule has 4 nitrogen and oxygen atoms in total. The van der Waals surface area contributed by atoms with Gasteiger partial charge in [-0.1, -0.05) is 19.1 Å². The van der Waals surface area contributed by atoms with Gasteiger partial charge in [0.1, 0.15) is 0 Å². The van der Waals surface area contributed by atoms with Crippen LogP contribution in [0.4, 0.5) is 32.0 Å². The second-order valence-electron chi connectivity index (χ2n) is 4.86. The quantitative estimate of drug-likeness (QED) is 0.735. The molecule has 0 saturated heterocycles. The Bertz CT molecular complexity index is 538. The van der Waals surface area contributed by atoms with Gasteiger partial charge in [-0.2, -0.15) is 26.3 Å². The van der Waals surface area contributed by atoms with E-state index in [1.807, 2.05) is 0 Å². The topological polar surface area (TPSA) is 69.6 Å². The molecule has 1 unspecified atom stereocenters. The zero-order valence-electron chi connectivity index (χ0n) is 11.7. The second kappa shape index (κ2) is 6.36. The molecule has 23 heavy (non-hydrogen) atoms. The summed E-state index contributed by atoms with van der Waals surface area (Å²) in [5.41, 5.74) is -6.52. The zero-order chi connectivity index (χ0) is 18.1. The molecule has 10 heteroatoms. The molecule has 1 aromatic rings. The molecular formula is C13H13F6NO3. The monoisotopic (exact) mass is 345 g/mol. The van der Waals surface area contributed by atoms with Crippen molar-refractivity contribution in [2.75, 3.05) is 11.9 Å². The third kappa shape index (κ3) is 3.75. The summed E-state index contributed by atoms with van der Waals surface area (Å²) in [5.74, 6) is -1.47. The van der Waals surface area contributed by atoms with Crippen molar-refractivity contribution >= 4 is 11.6 Å². The van der Waals surface area contributed by atoms with Gasteiger partial charge in [0.25, 0.3) is 5.60 Å². The lowest BCUT2D eigenvalue weighted by molar-refractivity contribution is -0.376. The average Bonchev–Trinajstić information content (AvgIpc) is 2.43. The fraction of sp³-hybridized carbons (Fsp3) is 0.462. The van der Waals surface area contributed by atoms with Crippen LogP contribution in [0.1, 0.15) is 12.5 Å². The fourth-order valence-electron chi connectivity index (χ4n) is 1.63. The van der Waals surface area contributed by atoms with Gasteiger partial charge < -0.3 is 15.5 Å². The number of carbonyl (C=O) groups excluding carboxylic acids is 1. The third-order valence-corrected chi connectivity index (χ3v) is 3.11. The van der Waals surface area contributed by atoms with Crippen LogP contribution in [-0.4, -0.2) is 35.1 Å².